The van der Waals surface area contributed by atoms with E-state index in [0.29, 0.717) is 44.9 Å². The molecule has 1 fully saturated rings. The molecule has 6 heterocycles. The van der Waals surface area contributed by atoms with Crippen molar-refractivity contribution in [3.05, 3.63) is 78.0 Å². The normalized spacial score (nSPS) is 14.3. The number of halogens is 1. The van der Waals surface area contributed by atoms with E-state index in [4.69, 9.17) is 9.97 Å². The summed E-state index contributed by atoms with van der Waals surface area (Å²) in [6.07, 6.45) is 8.87. The molecule has 7 rings (SSSR count). The second-order valence-electron chi connectivity index (χ2n) is 10.8. The Morgan fingerprint density at radius 2 is 1.81 bits per heavy atom. The van der Waals surface area contributed by atoms with Crippen LogP contribution in [0.15, 0.2) is 61.1 Å². The summed E-state index contributed by atoms with van der Waals surface area (Å²) in [5.74, 6) is -0.0281. The second-order valence-corrected chi connectivity index (χ2v) is 12.6. The zero-order valence-corrected chi connectivity index (χ0v) is 24.1. The topological polar surface area (TPSA) is 145 Å². The molecule has 0 bridgehead atoms. The van der Waals surface area contributed by atoms with E-state index in [2.05, 4.69) is 40.8 Å². The first-order valence-corrected chi connectivity index (χ1v) is 15.8. The fourth-order valence-corrected chi connectivity index (χ4v) is 5.94. The molecule has 43 heavy (non-hydrogen) atoms. The summed E-state index contributed by atoms with van der Waals surface area (Å²) < 4.78 is 40.1. The van der Waals surface area contributed by atoms with Crippen molar-refractivity contribution in [2.45, 2.75) is 25.9 Å². The van der Waals surface area contributed by atoms with E-state index in [0.717, 1.165) is 48.2 Å². The SMILES string of the molecule is CS(=O)(=O)NCc1cc(F)cc(-c2ccnc3[nH]c(-c4n[nH]c5ccc(-c6cncc(CN7CCCC7)c6)nc45)nc23)c1. The predicted molar refractivity (Wildman–Crippen MR) is 162 cm³/mol. The van der Waals surface area contributed by atoms with E-state index in [1.54, 1.807) is 18.3 Å². The lowest BCUT2D eigenvalue weighted by molar-refractivity contribution is 0.331. The lowest BCUT2D eigenvalue weighted by atomic mass is 10.0. The highest BCUT2D eigenvalue weighted by molar-refractivity contribution is 7.88. The van der Waals surface area contributed by atoms with Gasteiger partial charge in [-0.25, -0.2) is 32.5 Å². The Balaban J connectivity index is 1.24. The highest BCUT2D eigenvalue weighted by atomic mass is 32.2. The molecule has 0 spiro atoms. The van der Waals surface area contributed by atoms with Crippen molar-refractivity contribution in [1.82, 2.24) is 44.7 Å². The van der Waals surface area contributed by atoms with Gasteiger partial charge in [0.2, 0.25) is 10.0 Å². The molecule has 5 aromatic heterocycles. The summed E-state index contributed by atoms with van der Waals surface area (Å²) in [5, 5.41) is 7.54. The van der Waals surface area contributed by atoms with Crippen LogP contribution in [0.3, 0.4) is 0 Å². The van der Waals surface area contributed by atoms with Crippen LogP contribution in [0.5, 0.6) is 0 Å². The van der Waals surface area contributed by atoms with Crippen LogP contribution in [0, 0.1) is 5.82 Å². The molecule has 1 aromatic carbocycles. The van der Waals surface area contributed by atoms with Crippen molar-refractivity contribution in [3.63, 3.8) is 0 Å². The number of hydrogen-bond donors (Lipinski definition) is 3. The van der Waals surface area contributed by atoms with Gasteiger partial charge in [-0.2, -0.15) is 5.10 Å². The molecule has 0 amide bonds. The molecule has 1 aliphatic rings. The molecular weight excluding hydrogens is 569 g/mol. The van der Waals surface area contributed by atoms with Gasteiger partial charge in [0.1, 0.15) is 16.9 Å². The second kappa shape index (κ2) is 10.9. The lowest BCUT2D eigenvalue weighted by Crippen LogP contribution is -2.21. The smallest absolute Gasteiger partial charge is 0.209 e. The average Bonchev–Trinajstić information content (AvgIpc) is 3.75. The number of nitrogens with zero attached hydrogens (tertiary/aromatic N) is 6. The maximum atomic E-state index is 14.6. The highest BCUT2D eigenvalue weighted by Crippen LogP contribution is 2.32. The number of fused-ring (bicyclic) bond motifs is 2. The summed E-state index contributed by atoms with van der Waals surface area (Å²) >= 11 is 0. The van der Waals surface area contributed by atoms with Crippen molar-refractivity contribution in [2.24, 2.45) is 0 Å². The molecule has 0 aliphatic carbocycles. The third-order valence-electron chi connectivity index (χ3n) is 7.52. The van der Waals surface area contributed by atoms with E-state index in [1.165, 1.54) is 25.0 Å². The summed E-state index contributed by atoms with van der Waals surface area (Å²) in [4.78, 5) is 24.3. The van der Waals surface area contributed by atoms with Gasteiger partial charge >= 0.3 is 0 Å². The van der Waals surface area contributed by atoms with E-state index >= 15 is 0 Å². The largest absolute Gasteiger partial charge is 0.321 e. The van der Waals surface area contributed by atoms with Crippen LogP contribution in [0.4, 0.5) is 4.39 Å². The molecule has 1 saturated heterocycles. The fraction of sp³-hybridized carbons (Fsp3) is 0.233. The van der Waals surface area contributed by atoms with Crippen molar-refractivity contribution in [3.8, 4) is 33.9 Å². The maximum absolute atomic E-state index is 14.6. The Morgan fingerprint density at radius 3 is 2.65 bits per heavy atom. The quantitative estimate of drug-likeness (QED) is 0.234. The zero-order chi connectivity index (χ0) is 29.6. The number of aromatic amines is 2. The Morgan fingerprint density at radius 1 is 0.977 bits per heavy atom. The molecule has 11 nitrogen and oxygen atoms in total. The van der Waals surface area contributed by atoms with Crippen molar-refractivity contribution in [1.29, 1.82) is 0 Å². The van der Waals surface area contributed by atoms with Crippen LogP contribution in [-0.2, 0) is 23.1 Å². The van der Waals surface area contributed by atoms with Gasteiger partial charge in [0.25, 0.3) is 0 Å². The van der Waals surface area contributed by atoms with Crippen LogP contribution in [0.25, 0.3) is 56.1 Å². The molecule has 3 N–H and O–H groups in total. The maximum Gasteiger partial charge on any atom is 0.209 e. The molecule has 1 aliphatic heterocycles. The van der Waals surface area contributed by atoms with E-state index in [1.807, 2.05) is 24.5 Å². The van der Waals surface area contributed by atoms with Crippen molar-refractivity contribution in [2.75, 3.05) is 19.3 Å². The fourth-order valence-electron chi connectivity index (χ4n) is 5.52. The molecule has 0 unspecified atom stereocenters. The molecule has 6 aromatic rings. The van der Waals surface area contributed by atoms with Gasteiger partial charge in [-0.05, 0) is 85.1 Å². The number of H-pyrrole nitrogens is 2. The van der Waals surface area contributed by atoms with Crippen LogP contribution in [-0.4, -0.2) is 67.8 Å². The molecule has 0 saturated carbocycles. The Labute approximate surface area is 246 Å². The summed E-state index contributed by atoms with van der Waals surface area (Å²) in [6.45, 7) is 3.06. The molecule has 0 radical (unpaired) electrons. The van der Waals surface area contributed by atoms with Gasteiger partial charge in [0, 0.05) is 42.8 Å². The number of hydrogen-bond acceptors (Lipinski definition) is 8. The van der Waals surface area contributed by atoms with E-state index in [-0.39, 0.29) is 6.54 Å². The van der Waals surface area contributed by atoms with Crippen molar-refractivity contribution < 1.29 is 12.8 Å². The predicted octanol–water partition coefficient (Wildman–Crippen LogP) is 4.41. The monoisotopic (exact) mass is 597 g/mol. The van der Waals surface area contributed by atoms with Gasteiger partial charge in [-0.1, -0.05) is 0 Å². The van der Waals surface area contributed by atoms with E-state index in [9.17, 15) is 12.8 Å². The molecular formula is C30H28FN9O2S. The Bertz CT molecular complexity index is 2080. The standard InChI is InChI=1S/C30H28FN9O2S/c1-43(41,42)34-15-18-10-20(13-22(31)12-18)23-6-7-33-29-26(23)36-30(37-29)28-27-25(38-39-28)5-4-24(35-27)21-11-19(14-32-16-21)17-40-8-2-3-9-40/h4-7,10-14,16,34H,2-3,8-9,15,17H2,1H3,(H,38,39)(H,33,36,37). The van der Waals surface area contributed by atoms with Gasteiger partial charge in [-0.3, -0.25) is 15.0 Å². The van der Waals surface area contributed by atoms with Crippen LogP contribution >= 0.6 is 0 Å². The minimum atomic E-state index is -3.44. The third-order valence-corrected chi connectivity index (χ3v) is 8.19. The minimum Gasteiger partial charge on any atom is -0.321 e. The molecule has 13 heteroatoms. The average molecular weight is 598 g/mol. The van der Waals surface area contributed by atoms with E-state index < -0.39 is 15.8 Å². The molecule has 0 atom stereocenters. The number of benzene rings is 1. The van der Waals surface area contributed by atoms with Crippen molar-refractivity contribution >= 4 is 32.2 Å². The van der Waals surface area contributed by atoms with Gasteiger partial charge < -0.3 is 4.98 Å². The highest BCUT2D eigenvalue weighted by Gasteiger charge is 2.19. The number of likely N-dealkylation sites (tertiary alicyclic amines) is 1. The Hall–Kier alpha value is -4.59. The minimum absolute atomic E-state index is 0.0341. The lowest BCUT2D eigenvalue weighted by Gasteiger charge is -2.14. The first kappa shape index (κ1) is 27.3. The van der Waals surface area contributed by atoms with Crippen LogP contribution in [0.2, 0.25) is 0 Å². The Kier molecular flexibility index (Phi) is 6.92. The number of rotatable bonds is 8. The van der Waals surface area contributed by atoms with Crippen LogP contribution in [0.1, 0.15) is 24.0 Å². The number of nitrogens with one attached hydrogen (secondary N) is 3. The van der Waals surface area contributed by atoms with Crippen LogP contribution < -0.4 is 4.72 Å². The zero-order valence-electron chi connectivity index (χ0n) is 23.3. The summed E-state index contributed by atoms with van der Waals surface area (Å²) in [7, 11) is -3.44. The summed E-state index contributed by atoms with van der Waals surface area (Å²) in [6, 6.07) is 12.2. The molecule has 218 valence electrons. The number of aromatic nitrogens is 7. The first-order chi connectivity index (χ1) is 20.8. The van der Waals surface area contributed by atoms with Gasteiger partial charge in [-0.15, -0.1) is 0 Å². The van der Waals surface area contributed by atoms with Gasteiger partial charge in [0.05, 0.1) is 17.5 Å². The number of pyridine rings is 3. The third kappa shape index (κ3) is 5.74. The number of imidazole rings is 1. The van der Waals surface area contributed by atoms with Gasteiger partial charge in [0.15, 0.2) is 17.2 Å². The number of sulfonamides is 1. The first-order valence-electron chi connectivity index (χ1n) is 13.9. The summed E-state index contributed by atoms with van der Waals surface area (Å²) in [5.41, 5.74) is 7.46.